The van der Waals surface area contributed by atoms with Gasteiger partial charge >= 0.3 is 5.97 Å². The van der Waals surface area contributed by atoms with Crippen molar-refractivity contribution >= 4 is 17.0 Å². The Labute approximate surface area is 101 Å². The molecule has 0 atom stereocenters. The van der Waals surface area contributed by atoms with E-state index in [0.717, 1.165) is 5.52 Å². The minimum atomic E-state index is -0.995. The minimum Gasteiger partial charge on any atom is -0.478 e. The lowest BCUT2D eigenvalue weighted by Crippen LogP contribution is -2.01. The van der Waals surface area contributed by atoms with Crippen LogP contribution in [0.15, 0.2) is 35.4 Å². The molecular formula is C11H8N4O3. The Morgan fingerprint density at radius 1 is 1.39 bits per heavy atom. The SMILES string of the molecule is O=C(O)c1cccc2c1ncn2Cc1ncon1. The molecule has 3 aromatic rings. The standard InChI is InChI=1S/C11H8N4O3/c16-11(17)7-2-1-3-8-10(7)12-5-15(8)4-9-13-6-18-14-9/h1-3,5-6H,4H2,(H,16,17). The molecule has 0 aliphatic heterocycles. The lowest BCUT2D eigenvalue weighted by Gasteiger charge is -2.00. The van der Waals surface area contributed by atoms with Crippen molar-refractivity contribution in [1.82, 2.24) is 19.7 Å². The van der Waals surface area contributed by atoms with E-state index in [4.69, 9.17) is 5.11 Å². The second-order valence-electron chi connectivity index (χ2n) is 3.70. The van der Waals surface area contributed by atoms with E-state index in [2.05, 4.69) is 19.6 Å². The Kier molecular flexibility index (Phi) is 2.30. The third-order valence-electron chi connectivity index (χ3n) is 2.60. The number of imidazole rings is 1. The molecule has 7 heteroatoms. The largest absolute Gasteiger partial charge is 0.478 e. The number of carboxylic acid groups (broad SMARTS) is 1. The number of hydrogen-bond acceptors (Lipinski definition) is 5. The molecule has 90 valence electrons. The number of carbonyl (C=O) groups is 1. The number of aromatic carboxylic acids is 1. The molecule has 0 unspecified atom stereocenters. The molecule has 1 N–H and O–H groups in total. The van der Waals surface area contributed by atoms with Gasteiger partial charge in [-0.3, -0.25) is 0 Å². The number of para-hydroxylation sites is 1. The second-order valence-corrected chi connectivity index (χ2v) is 3.70. The first-order valence-corrected chi connectivity index (χ1v) is 5.18. The zero-order chi connectivity index (χ0) is 12.5. The Bertz CT molecular complexity index is 702. The summed E-state index contributed by atoms with van der Waals surface area (Å²) in [6.45, 7) is 0.385. The average molecular weight is 244 g/mol. The number of nitrogens with zero attached hydrogens (tertiary/aromatic N) is 4. The Morgan fingerprint density at radius 3 is 3.00 bits per heavy atom. The smallest absolute Gasteiger partial charge is 0.337 e. The van der Waals surface area contributed by atoms with Crippen molar-refractivity contribution in [2.75, 3.05) is 0 Å². The van der Waals surface area contributed by atoms with Crippen molar-refractivity contribution in [3.8, 4) is 0 Å². The maximum atomic E-state index is 11.1. The van der Waals surface area contributed by atoms with Gasteiger partial charge in [0.2, 0.25) is 6.39 Å². The van der Waals surface area contributed by atoms with Crippen LogP contribution in [0, 0.1) is 0 Å². The molecular weight excluding hydrogens is 236 g/mol. The van der Waals surface area contributed by atoms with E-state index in [1.54, 1.807) is 23.0 Å². The van der Waals surface area contributed by atoms with Crippen LogP contribution in [0.3, 0.4) is 0 Å². The summed E-state index contributed by atoms with van der Waals surface area (Å²) in [6.07, 6.45) is 2.81. The summed E-state index contributed by atoms with van der Waals surface area (Å²) in [7, 11) is 0. The van der Waals surface area contributed by atoms with Crippen LogP contribution >= 0.6 is 0 Å². The van der Waals surface area contributed by atoms with Crippen LogP contribution in [0.25, 0.3) is 11.0 Å². The van der Waals surface area contributed by atoms with Crippen molar-refractivity contribution < 1.29 is 14.4 Å². The van der Waals surface area contributed by atoms with E-state index >= 15 is 0 Å². The quantitative estimate of drug-likeness (QED) is 0.743. The molecule has 0 aliphatic rings. The molecule has 2 heterocycles. The maximum absolute atomic E-state index is 11.1. The van der Waals surface area contributed by atoms with Gasteiger partial charge in [-0.25, -0.2) is 9.78 Å². The van der Waals surface area contributed by atoms with E-state index < -0.39 is 5.97 Å². The van der Waals surface area contributed by atoms with Crippen LogP contribution in [-0.4, -0.2) is 30.8 Å². The second kappa shape index (κ2) is 3.95. The molecule has 0 aliphatic carbocycles. The molecule has 0 bridgehead atoms. The van der Waals surface area contributed by atoms with Crippen LogP contribution in [0.4, 0.5) is 0 Å². The topological polar surface area (TPSA) is 94.0 Å². The van der Waals surface area contributed by atoms with Gasteiger partial charge in [-0.2, -0.15) is 4.98 Å². The minimum absolute atomic E-state index is 0.180. The van der Waals surface area contributed by atoms with Gasteiger partial charge in [0.25, 0.3) is 0 Å². The highest BCUT2D eigenvalue weighted by molar-refractivity contribution is 6.00. The van der Waals surface area contributed by atoms with Crippen LogP contribution in [0.2, 0.25) is 0 Å². The first-order valence-electron chi connectivity index (χ1n) is 5.18. The van der Waals surface area contributed by atoms with E-state index in [1.807, 2.05) is 0 Å². The summed E-state index contributed by atoms with van der Waals surface area (Å²) in [5.41, 5.74) is 1.35. The normalized spacial score (nSPS) is 10.9. The molecule has 0 amide bonds. The predicted octanol–water partition coefficient (Wildman–Crippen LogP) is 1.17. The number of fused-ring (bicyclic) bond motifs is 1. The van der Waals surface area contributed by atoms with Gasteiger partial charge in [-0.15, -0.1) is 0 Å². The molecule has 0 spiro atoms. The zero-order valence-electron chi connectivity index (χ0n) is 9.15. The van der Waals surface area contributed by atoms with Gasteiger partial charge in [0.15, 0.2) is 5.82 Å². The first-order chi connectivity index (χ1) is 8.75. The van der Waals surface area contributed by atoms with Crippen LogP contribution in [0.1, 0.15) is 16.2 Å². The Morgan fingerprint density at radius 2 is 2.28 bits per heavy atom. The van der Waals surface area contributed by atoms with Gasteiger partial charge in [-0.1, -0.05) is 11.2 Å². The van der Waals surface area contributed by atoms with Crippen molar-refractivity contribution in [1.29, 1.82) is 0 Å². The summed E-state index contributed by atoms with van der Waals surface area (Å²) < 4.78 is 6.42. The average Bonchev–Trinajstić information content (AvgIpc) is 2.99. The first kappa shape index (κ1) is 10.5. The van der Waals surface area contributed by atoms with Crippen LogP contribution in [0.5, 0.6) is 0 Å². The van der Waals surface area contributed by atoms with E-state index in [-0.39, 0.29) is 5.56 Å². The summed E-state index contributed by atoms with van der Waals surface area (Å²) in [5.74, 6) is -0.486. The molecule has 2 aromatic heterocycles. The molecule has 3 rings (SSSR count). The summed E-state index contributed by atoms with van der Waals surface area (Å²) >= 11 is 0. The van der Waals surface area contributed by atoms with Gasteiger partial charge in [0, 0.05) is 0 Å². The molecule has 0 radical (unpaired) electrons. The summed E-state index contributed by atoms with van der Waals surface area (Å²) in [6, 6.07) is 5.01. The Balaban J connectivity index is 2.09. The monoisotopic (exact) mass is 244 g/mol. The van der Waals surface area contributed by atoms with Crippen molar-refractivity contribution in [3.05, 3.63) is 42.3 Å². The maximum Gasteiger partial charge on any atom is 0.337 e. The molecule has 0 saturated heterocycles. The number of rotatable bonds is 3. The molecule has 18 heavy (non-hydrogen) atoms. The van der Waals surface area contributed by atoms with Gasteiger partial charge in [0.1, 0.15) is 5.52 Å². The van der Waals surface area contributed by atoms with Gasteiger partial charge in [-0.05, 0) is 12.1 Å². The molecule has 7 nitrogen and oxygen atoms in total. The number of hydrogen-bond donors (Lipinski definition) is 1. The lowest BCUT2D eigenvalue weighted by molar-refractivity contribution is 0.0699. The molecule has 0 fully saturated rings. The van der Waals surface area contributed by atoms with E-state index in [0.29, 0.717) is 17.9 Å². The van der Waals surface area contributed by atoms with Crippen molar-refractivity contribution in [3.63, 3.8) is 0 Å². The highest BCUT2D eigenvalue weighted by Crippen LogP contribution is 2.18. The van der Waals surface area contributed by atoms with Gasteiger partial charge < -0.3 is 14.2 Å². The van der Waals surface area contributed by atoms with Gasteiger partial charge in [0.05, 0.1) is 24.0 Å². The van der Waals surface area contributed by atoms with Crippen LogP contribution in [-0.2, 0) is 6.54 Å². The third-order valence-corrected chi connectivity index (χ3v) is 2.60. The zero-order valence-corrected chi connectivity index (χ0v) is 9.15. The van der Waals surface area contributed by atoms with E-state index in [9.17, 15) is 4.79 Å². The molecule has 1 aromatic carbocycles. The number of aromatic nitrogens is 4. The van der Waals surface area contributed by atoms with Crippen molar-refractivity contribution in [2.45, 2.75) is 6.54 Å². The number of carboxylic acids is 1. The molecule has 0 saturated carbocycles. The highest BCUT2D eigenvalue weighted by atomic mass is 16.5. The van der Waals surface area contributed by atoms with Crippen LogP contribution < -0.4 is 0 Å². The lowest BCUT2D eigenvalue weighted by atomic mass is 10.2. The number of benzene rings is 1. The fourth-order valence-corrected chi connectivity index (χ4v) is 1.80. The van der Waals surface area contributed by atoms with E-state index in [1.165, 1.54) is 12.5 Å². The fraction of sp³-hybridized carbons (Fsp3) is 0.0909. The summed E-state index contributed by atoms with van der Waals surface area (Å²) in [5, 5.41) is 12.8. The third kappa shape index (κ3) is 1.61. The fourth-order valence-electron chi connectivity index (χ4n) is 1.80. The predicted molar refractivity (Wildman–Crippen MR) is 60.1 cm³/mol. The highest BCUT2D eigenvalue weighted by Gasteiger charge is 2.13. The van der Waals surface area contributed by atoms with Crippen molar-refractivity contribution in [2.24, 2.45) is 0 Å². The Hall–Kier alpha value is -2.70. The summed E-state index contributed by atoms with van der Waals surface area (Å²) in [4.78, 5) is 19.1.